The first kappa shape index (κ1) is 21.2. The van der Waals surface area contributed by atoms with Crippen LogP contribution in [0.25, 0.3) is 21.9 Å². The first-order valence-corrected chi connectivity index (χ1v) is 11.9. The number of ether oxygens (including phenoxy) is 1. The highest BCUT2D eigenvalue weighted by atomic mass is 16.5. The van der Waals surface area contributed by atoms with Gasteiger partial charge in [0.15, 0.2) is 0 Å². The molecule has 0 radical (unpaired) electrons. The van der Waals surface area contributed by atoms with Crippen LogP contribution in [0.1, 0.15) is 30.9 Å². The molecule has 1 unspecified atom stereocenters. The molecule has 4 aromatic rings. The van der Waals surface area contributed by atoms with Gasteiger partial charge in [-0.2, -0.15) is 10.2 Å². The van der Waals surface area contributed by atoms with E-state index in [2.05, 4.69) is 64.9 Å². The highest BCUT2D eigenvalue weighted by Gasteiger charge is 2.36. The van der Waals surface area contributed by atoms with E-state index in [0.29, 0.717) is 17.3 Å². The normalized spacial score (nSPS) is 18.6. The van der Waals surface area contributed by atoms with E-state index in [9.17, 15) is 5.26 Å². The molecule has 1 atom stereocenters. The lowest BCUT2D eigenvalue weighted by Gasteiger charge is -2.38. The van der Waals surface area contributed by atoms with Gasteiger partial charge in [-0.05, 0) is 36.5 Å². The summed E-state index contributed by atoms with van der Waals surface area (Å²) in [7, 11) is 1.60. The molecule has 1 fully saturated rings. The Labute approximate surface area is 204 Å². The zero-order valence-corrected chi connectivity index (χ0v) is 19.8. The van der Waals surface area contributed by atoms with E-state index in [1.54, 1.807) is 7.11 Å². The van der Waals surface area contributed by atoms with Gasteiger partial charge in [0.25, 0.3) is 0 Å². The standard InChI is InChI=1S/C28H26N6O/c1-28(20-12-10-19(11-13-20)18-8-4-3-5-9-18)32-25-24-21(16-23(30-25)35-2)22(17-29)27(31-26(24)33-28)34-14-6-7-15-34/h3-5,8-13,16H,6-7,14-15H2,1-2H3,(H,30,32)(H,31,33). The molecule has 174 valence electrons. The van der Waals surface area contributed by atoms with Crippen molar-refractivity contribution in [2.75, 3.05) is 35.7 Å². The number of aromatic nitrogens is 2. The Morgan fingerprint density at radius 1 is 0.943 bits per heavy atom. The number of nitrogens with one attached hydrogen (secondary N) is 2. The van der Waals surface area contributed by atoms with Crippen LogP contribution in [-0.4, -0.2) is 30.2 Å². The maximum absolute atomic E-state index is 10.1. The van der Waals surface area contributed by atoms with Crippen LogP contribution < -0.4 is 20.3 Å². The summed E-state index contributed by atoms with van der Waals surface area (Å²) >= 11 is 0. The number of anilines is 3. The summed E-state index contributed by atoms with van der Waals surface area (Å²) < 4.78 is 5.52. The summed E-state index contributed by atoms with van der Waals surface area (Å²) in [5.74, 6) is 2.56. The van der Waals surface area contributed by atoms with Gasteiger partial charge < -0.3 is 20.3 Å². The smallest absolute Gasteiger partial charge is 0.215 e. The van der Waals surface area contributed by atoms with Crippen molar-refractivity contribution >= 4 is 28.2 Å². The molecule has 2 aliphatic heterocycles. The third kappa shape index (κ3) is 3.50. The van der Waals surface area contributed by atoms with E-state index in [0.717, 1.165) is 59.5 Å². The highest BCUT2D eigenvalue weighted by molar-refractivity contribution is 6.07. The Morgan fingerprint density at radius 3 is 2.26 bits per heavy atom. The minimum atomic E-state index is -0.655. The number of hydrogen-bond acceptors (Lipinski definition) is 7. The van der Waals surface area contributed by atoms with Gasteiger partial charge in [-0.15, -0.1) is 0 Å². The lowest BCUT2D eigenvalue weighted by Crippen LogP contribution is -2.43. The van der Waals surface area contributed by atoms with Crippen molar-refractivity contribution in [1.29, 1.82) is 5.26 Å². The summed E-state index contributed by atoms with van der Waals surface area (Å²) in [5, 5.41) is 18.9. The summed E-state index contributed by atoms with van der Waals surface area (Å²) in [5.41, 5.74) is 3.29. The first-order chi connectivity index (χ1) is 17.1. The van der Waals surface area contributed by atoms with E-state index >= 15 is 0 Å². The van der Waals surface area contributed by atoms with Gasteiger partial charge in [0.1, 0.15) is 34.7 Å². The minimum absolute atomic E-state index is 0.463. The molecule has 7 nitrogen and oxygen atoms in total. The molecule has 0 amide bonds. The average molecular weight is 463 g/mol. The van der Waals surface area contributed by atoms with Gasteiger partial charge in [-0.3, -0.25) is 0 Å². The van der Waals surface area contributed by atoms with E-state index in [1.807, 2.05) is 24.3 Å². The predicted molar refractivity (Wildman–Crippen MR) is 139 cm³/mol. The van der Waals surface area contributed by atoms with Crippen molar-refractivity contribution in [1.82, 2.24) is 9.97 Å². The van der Waals surface area contributed by atoms with Gasteiger partial charge >= 0.3 is 0 Å². The number of rotatable bonds is 4. The van der Waals surface area contributed by atoms with Crippen molar-refractivity contribution in [3.05, 3.63) is 71.8 Å². The Kier molecular flexibility index (Phi) is 4.96. The molecule has 2 aromatic heterocycles. The van der Waals surface area contributed by atoms with Crippen molar-refractivity contribution in [3.63, 3.8) is 0 Å². The zero-order valence-electron chi connectivity index (χ0n) is 19.8. The van der Waals surface area contributed by atoms with Crippen molar-refractivity contribution < 1.29 is 4.74 Å². The molecule has 2 aliphatic rings. The van der Waals surface area contributed by atoms with Crippen molar-refractivity contribution in [2.45, 2.75) is 25.4 Å². The second-order valence-electron chi connectivity index (χ2n) is 9.22. The molecule has 4 heterocycles. The van der Waals surface area contributed by atoms with Crippen LogP contribution in [0.2, 0.25) is 0 Å². The molecule has 35 heavy (non-hydrogen) atoms. The largest absolute Gasteiger partial charge is 0.481 e. The monoisotopic (exact) mass is 462 g/mol. The third-order valence-electron chi connectivity index (χ3n) is 6.98. The Bertz CT molecular complexity index is 1460. The van der Waals surface area contributed by atoms with Crippen LogP contribution in [0.4, 0.5) is 17.5 Å². The second kappa shape index (κ2) is 8.17. The predicted octanol–water partition coefficient (Wildman–Crippen LogP) is 5.49. The highest BCUT2D eigenvalue weighted by Crippen LogP contribution is 2.44. The fourth-order valence-corrected chi connectivity index (χ4v) is 5.13. The van der Waals surface area contributed by atoms with Gasteiger partial charge in [0.2, 0.25) is 5.88 Å². The Morgan fingerprint density at radius 2 is 1.60 bits per heavy atom. The van der Waals surface area contributed by atoms with Crippen molar-refractivity contribution in [3.8, 4) is 23.1 Å². The van der Waals surface area contributed by atoms with Crippen molar-refractivity contribution in [2.24, 2.45) is 0 Å². The number of nitriles is 1. The Hall–Kier alpha value is -4.31. The first-order valence-electron chi connectivity index (χ1n) is 11.9. The van der Waals surface area contributed by atoms with Gasteiger partial charge in [-0.1, -0.05) is 54.6 Å². The number of benzene rings is 2. The second-order valence-corrected chi connectivity index (χ2v) is 9.22. The molecule has 2 N–H and O–H groups in total. The summed E-state index contributed by atoms with van der Waals surface area (Å²) in [6.07, 6.45) is 2.20. The molecule has 2 aromatic carbocycles. The summed E-state index contributed by atoms with van der Waals surface area (Å²) in [6, 6.07) is 23.1. The number of pyridine rings is 2. The molecule has 1 saturated heterocycles. The molecular weight excluding hydrogens is 436 g/mol. The number of nitrogens with zero attached hydrogens (tertiary/aromatic N) is 4. The lowest BCUT2D eigenvalue weighted by atomic mass is 9.95. The zero-order chi connectivity index (χ0) is 24.0. The van der Waals surface area contributed by atoms with Crippen LogP contribution in [0, 0.1) is 11.3 Å². The van der Waals surface area contributed by atoms with E-state index in [-0.39, 0.29) is 0 Å². The fourth-order valence-electron chi connectivity index (χ4n) is 5.13. The topological polar surface area (TPSA) is 86.1 Å². The molecule has 0 saturated carbocycles. The molecule has 0 spiro atoms. The minimum Gasteiger partial charge on any atom is -0.481 e. The lowest BCUT2D eigenvalue weighted by molar-refractivity contribution is 0.398. The van der Waals surface area contributed by atoms with Crippen LogP contribution in [0.5, 0.6) is 5.88 Å². The van der Waals surface area contributed by atoms with Gasteiger partial charge in [0.05, 0.1) is 12.5 Å². The number of hydrogen-bond donors (Lipinski definition) is 2. The molecular formula is C28H26N6O. The maximum atomic E-state index is 10.1. The van der Waals surface area contributed by atoms with Gasteiger partial charge in [-0.25, -0.2) is 4.98 Å². The maximum Gasteiger partial charge on any atom is 0.215 e. The average Bonchev–Trinajstić information content (AvgIpc) is 3.44. The van der Waals surface area contributed by atoms with Gasteiger partial charge in [0, 0.05) is 24.5 Å². The van der Waals surface area contributed by atoms with Crippen LogP contribution >= 0.6 is 0 Å². The molecule has 6 rings (SSSR count). The molecule has 7 heteroatoms. The summed E-state index contributed by atoms with van der Waals surface area (Å²) in [6.45, 7) is 3.88. The quantitative estimate of drug-likeness (QED) is 0.415. The number of methoxy groups -OCH3 is 1. The SMILES string of the molecule is COc1cc2c(C#N)c(N3CCCC3)nc3c2c(n1)NC(C)(c1ccc(-c2ccccc2)cc1)N3. The molecule has 0 aliphatic carbocycles. The van der Waals surface area contributed by atoms with E-state index in [1.165, 1.54) is 5.56 Å². The Balaban J connectivity index is 1.47. The fraction of sp³-hybridized carbons (Fsp3) is 0.250. The molecule has 0 bridgehead atoms. The third-order valence-corrected chi connectivity index (χ3v) is 6.98. The van der Waals surface area contributed by atoms with Crippen LogP contribution in [-0.2, 0) is 5.66 Å². The van der Waals surface area contributed by atoms with E-state index < -0.39 is 5.66 Å². The van der Waals surface area contributed by atoms with Crippen LogP contribution in [0.15, 0.2) is 60.7 Å². The summed E-state index contributed by atoms with van der Waals surface area (Å²) in [4.78, 5) is 11.9. The van der Waals surface area contributed by atoms with Crippen LogP contribution in [0.3, 0.4) is 0 Å². The van der Waals surface area contributed by atoms with E-state index in [4.69, 9.17) is 14.7 Å².